The zero-order chi connectivity index (χ0) is 31.5. The third kappa shape index (κ3) is 6.96. The molecule has 0 spiro atoms. The lowest BCUT2D eigenvalue weighted by atomic mass is 9.99. The molecule has 0 aromatic carbocycles. The van der Waals surface area contributed by atoms with E-state index in [-0.39, 0.29) is 11.8 Å². The number of aromatic amines is 3. The highest BCUT2D eigenvalue weighted by Gasteiger charge is 2.46. The topological polar surface area (TPSA) is 388 Å². The number of H-pyrrole nitrogens is 3. The first-order valence-corrected chi connectivity index (χ1v) is 11.9. The lowest BCUT2D eigenvalue weighted by Gasteiger charge is -2.39. The Balaban J connectivity index is 0.000000230. The predicted octanol–water partition coefficient (Wildman–Crippen LogP) is -8.06. The molecule has 42 heavy (non-hydrogen) atoms. The van der Waals surface area contributed by atoms with Crippen molar-refractivity contribution in [3.8, 4) is 11.5 Å². The quantitative estimate of drug-likeness (QED) is 0.144. The molecule has 4 rings (SSSR count). The Morgan fingerprint density at radius 3 is 1.55 bits per heavy atom. The third-order valence-electron chi connectivity index (χ3n) is 6.01. The van der Waals surface area contributed by atoms with Crippen LogP contribution in [0.15, 0.2) is 14.4 Å². The minimum absolute atomic E-state index is 0.223. The first-order valence-electron chi connectivity index (χ1n) is 11.9. The Bertz CT molecular complexity index is 1380. The number of nitrogen functional groups attached to an aromatic ring is 3. The van der Waals surface area contributed by atoms with E-state index < -0.39 is 109 Å². The van der Waals surface area contributed by atoms with E-state index in [1.54, 1.807) is 0 Å². The van der Waals surface area contributed by atoms with Gasteiger partial charge in [-0.15, -0.1) is 0 Å². The fourth-order valence-electron chi connectivity index (χ4n) is 3.78. The van der Waals surface area contributed by atoms with Gasteiger partial charge in [0.05, 0.1) is 13.2 Å². The largest absolute Gasteiger partial charge is 0.452 e. The summed E-state index contributed by atoms with van der Waals surface area (Å²) >= 11 is 0. The number of aliphatic hydroxyl groups is 8. The number of hydrogen-bond acceptors (Lipinski definition) is 19. The minimum Gasteiger partial charge on any atom is -0.452 e. The van der Waals surface area contributed by atoms with Crippen molar-refractivity contribution in [2.24, 2.45) is 0 Å². The second-order valence-electron chi connectivity index (χ2n) is 8.95. The Labute approximate surface area is 232 Å². The normalized spacial score (nSPS) is 32.9. The van der Waals surface area contributed by atoms with Crippen molar-refractivity contribution >= 4 is 17.6 Å². The number of aliphatic hydroxyl groups excluding tert-OH is 8. The van der Waals surface area contributed by atoms with Crippen molar-refractivity contribution in [1.82, 2.24) is 19.9 Å². The predicted molar refractivity (Wildman–Crippen MR) is 135 cm³/mol. The fourth-order valence-corrected chi connectivity index (χ4v) is 3.78. The maximum Gasteiger partial charge on any atom is 0.327 e. The van der Waals surface area contributed by atoms with E-state index in [2.05, 4.69) is 15.0 Å². The Hall–Kier alpha value is -3.84. The molecule has 2 aromatic heterocycles. The molecule has 2 aromatic rings. The van der Waals surface area contributed by atoms with Crippen molar-refractivity contribution < 1.29 is 59.8 Å². The molecule has 4 heterocycles. The second-order valence-corrected chi connectivity index (χ2v) is 8.95. The molecule has 0 aliphatic carbocycles. The molecule has 2 aliphatic rings. The molecule has 17 N–H and O–H groups in total. The van der Waals surface area contributed by atoms with Crippen molar-refractivity contribution in [2.75, 3.05) is 30.4 Å². The highest BCUT2D eigenvalue weighted by atomic mass is 16.7. The summed E-state index contributed by atoms with van der Waals surface area (Å²) in [6.45, 7) is -1.28. The zero-order valence-corrected chi connectivity index (χ0v) is 21.3. The van der Waals surface area contributed by atoms with Gasteiger partial charge in [0.2, 0.25) is 30.0 Å². The Morgan fingerprint density at radius 1 is 0.667 bits per heavy atom. The number of anilines is 3. The molecule has 2 saturated heterocycles. The third-order valence-corrected chi connectivity index (χ3v) is 6.01. The molecule has 236 valence electrons. The van der Waals surface area contributed by atoms with E-state index in [4.69, 9.17) is 46.4 Å². The maximum absolute atomic E-state index is 11.7. The van der Waals surface area contributed by atoms with Gasteiger partial charge in [0, 0.05) is 0 Å². The van der Waals surface area contributed by atoms with Crippen LogP contribution in [0.2, 0.25) is 0 Å². The van der Waals surface area contributed by atoms with Gasteiger partial charge in [-0.25, -0.2) is 4.79 Å². The number of nitrogens with one attached hydrogen (secondary N) is 3. The zero-order valence-electron chi connectivity index (χ0n) is 21.3. The summed E-state index contributed by atoms with van der Waals surface area (Å²) in [6, 6.07) is 0. The van der Waals surface area contributed by atoms with Gasteiger partial charge in [-0.3, -0.25) is 24.5 Å². The van der Waals surface area contributed by atoms with Gasteiger partial charge in [0.1, 0.15) is 48.8 Å². The number of rotatable bonds is 6. The van der Waals surface area contributed by atoms with Crippen molar-refractivity contribution in [2.45, 2.75) is 61.4 Å². The van der Waals surface area contributed by atoms with Crippen LogP contribution in [-0.4, -0.2) is 135 Å². The van der Waals surface area contributed by atoms with Crippen molar-refractivity contribution in [1.29, 1.82) is 0 Å². The molecule has 22 heteroatoms. The number of nitrogens with two attached hydrogens (primary N) is 3. The van der Waals surface area contributed by atoms with Crippen LogP contribution >= 0.6 is 0 Å². The van der Waals surface area contributed by atoms with Crippen LogP contribution in [0.3, 0.4) is 0 Å². The Kier molecular flexibility index (Phi) is 10.4. The van der Waals surface area contributed by atoms with E-state index in [0.29, 0.717) is 0 Å². The van der Waals surface area contributed by atoms with Gasteiger partial charge in [-0.1, -0.05) is 0 Å². The summed E-state index contributed by atoms with van der Waals surface area (Å²) < 4.78 is 20.3. The van der Waals surface area contributed by atoms with Gasteiger partial charge in [0.25, 0.3) is 11.1 Å². The number of hydrogen-bond donors (Lipinski definition) is 14. The highest BCUT2D eigenvalue weighted by Crippen LogP contribution is 2.25. The monoisotopic (exact) mass is 609 g/mol. The average Bonchev–Trinajstić information content (AvgIpc) is 2.92. The smallest absolute Gasteiger partial charge is 0.327 e. The fraction of sp³-hybridized carbons (Fsp3) is 0.600. The van der Waals surface area contributed by atoms with E-state index in [9.17, 15) is 45.0 Å². The van der Waals surface area contributed by atoms with E-state index in [1.807, 2.05) is 4.98 Å². The standard InChI is InChI=1S/C10H16N4O7.C10H15N3O8/c11-7-6(8(19)14-10(12)13-7)21-9-5(18)4(17)3(16)2(1-15)20-9;11-7-6(8(18)13-10(19)12-7)21-9-5(17)4(16)3(15)2(1-14)20-9/h2-5,9,15-18H,1H2,(H5,11,12,13,14,19);2-5,9,14-17H,1H2,(H4,11,12,13,18,19)/t2*2-,3-,4+,5-,9+/m11/s1. The first-order chi connectivity index (χ1) is 19.7. The van der Waals surface area contributed by atoms with Crippen LogP contribution in [0, 0.1) is 0 Å². The van der Waals surface area contributed by atoms with E-state index in [0.717, 1.165) is 0 Å². The van der Waals surface area contributed by atoms with Crippen molar-refractivity contribution in [3.63, 3.8) is 0 Å². The number of ether oxygens (including phenoxy) is 4. The SMILES string of the molecule is Nc1[nH]c(=O)[nH]c(=O)c1O[C@@H]1O[C@H](CO)[C@@H](O)[C@H](O)[C@H]1O.Nc1nc(N)c(O[C@@H]2O[C@H](CO)[C@@H](O)[C@H](O)[C@H]2O)c(=O)[nH]1. The minimum atomic E-state index is -1.70. The maximum atomic E-state index is 11.7. The number of nitrogens with zero attached hydrogens (tertiary/aromatic N) is 1. The van der Waals surface area contributed by atoms with Crippen LogP contribution in [0.1, 0.15) is 0 Å². The molecular weight excluding hydrogens is 578 g/mol. The average molecular weight is 610 g/mol. The van der Waals surface area contributed by atoms with Gasteiger partial charge in [-0.05, 0) is 0 Å². The molecule has 22 nitrogen and oxygen atoms in total. The van der Waals surface area contributed by atoms with Gasteiger partial charge in [0.15, 0.2) is 11.6 Å². The van der Waals surface area contributed by atoms with E-state index in [1.165, 1.54) is 0 Å². The second kappa shape index (κ2) is 13.4. The summed E-state index contributed by atoms with van der Waals surface area (Å²) in [6.07, 6.45) is -15.2. The van der Waals surface area contributed by atoms with Crippen LogP contribution in [0.5, 0.6) is 11.5 Å². The molecule has 0 radical (unpaired) electrons. The van der Waals surface area contributed by atoms with Crippen molar-refractivity contribution in [3.05, 3.63) is 31.2 Å². The van der Waals surface area contributed by atoms with Crippen LogP contribution in [-0.2, 0) is 9.47 Å². The van der Waals surface area contributed by atoms with Gasteiger partial charge >= 0.3 is 5.69 Å². The summed E-state index contributed by atoms with van der Waals surface area (Å²) in [5.74, 6) is -1.96. The van der Waals surface area contributed by atoms with E-state index >= 15 is 0 Å². The van der Waals surface area contributed by atoms with Crippen LogP contribution < -0.4 is 43.5 Å². The van der Waals surface area contributed by atoms with Crippen LogP contribution in [0.4, 0.5) is 17.6 Å². The molecule has 0 bridgehead atoms. The summed E-state index contributed by atoms with van der Waals surface area (Å²) in [5.41, 5.74) is 13.6. The molecular formula is C20H31N7O15. The lowest BCUT2D eigenvalue weighted by Crippen LogP contribution is -2.60. The van der Waals surface area contributed by atoms with Gasteiger partial charge in [-0.2, -0.15) is 4.98 Å². The number of aromatic nitrogens is 4. The highest BCUT2D eigenvalue weighted by molar-refractivity contribution is 5.47. The molecule has 2 aliphatic heterocycles. The molecule has 2 fully saturated rings. The molecule has 10 atom stereocenters. The first kappa shape index (κ1) is 32.7. The summed E-state index contributed by atoms with van der Waals surface area (Å²) in [4.78, 5) is 43.8. The molecule has 0 amide bonds. The molecule has 0 saturated carbocycles. The lowest BCUT2D eigenvalue weighted by molar-refractivity contribution is -0.277. The van der Waals surface area contributed by atoms with Gasteiger partial charge < -0.3 is 77.0 Å². The summed E-state index contributed by atoms with van der Waals surface area (Å²) in [5, 5.41) is 76.0. The molecule has 0 unspecified atom stereocenters. The van der Waals surface area contributed by atoms with Crippen LogP contribution in [0.25, 0.3) is 0 Å². The Morgan fingerprint density at radius 2 is 1.12 bits per heavy atom. The summed E-state index contributed by atoms with van der Waals surface area (Å²) in [7, 11) is 0.